The zero-order chi connectivity index (χ0) is 61.0. The number of halogens is 3. The molecular formula is C57H76F3N9O11S3. The van der Waals surface area contributed by atoms with Crippen LogP contribution in [-0.4, -0.2) is 111 Å². The van der Waals surface area contributed by atoms with Gasteiger partial charge in [-0.1, -0.05) is 35.3 Å². The summed E-state index contributed by atoms with van der Waals surface area (Å²) in [5.74, 6) is 0.651. The quantitative estimate of drug-likeness (QED) is 0.0703. The van der Waals surface area contributed by atoms with Gasteiger partial charge in [0.15, 0.2) is 15.5 Å². The highest BCUT2D eigenvalue weighted by Gasteiger charge is 2.52. The van der Waals surface area contributed by atoms with Crippen molar-refractivity contribution in [1.29, 1.82) is 0 Å². The molecule has 3 aromatic rings. The normalized spacial score (nSPS) is 27.7. The molecule has 9 rings (SSSR count). The number of benzene rings is 3. The number of ether oxygens (including phenoxy) is 6. The summed E-state index contributed by atoms with van der Waals surface area (Å²) in [5.41, 5.74) is 8.56. The number of aliphatic imine (C=N–C) groups is 3. The van der Waals surface area contributed by atoms with Crippen molar-refractivity contribution in [2.24, 2.45) is 32.7 Å². The number of nitro groups is 1. The van der Waals surface area contributed by atoms with Crippen LogP contribution in [0.3, 0.4) is 0 Å². The molecule has 454 valence electrons. The molecule has 6 aliphatic rings. The number of alkyl carbamates (subject to hydrolysis) is 3. The number of non-ortho nitro benzene ring substituents is 1. The molecule has 26 heteroatoms. The summed E-state index contributed by atoms with van der Waals surface area (Å²) in [7, 11) is 0. The van der Waals surface area contributed by atoms with Crippen molar-refractivity contribution in [3.63, 3.8) is 0 Å². The predicted octanol–water partition coefficient (Wildman–Crippen LogP) is 11.3. The molecule has 3 fully saturated rings. The van der Waals surface area contributed by atoms with E-state index in [0.29, 0.717) is 56.5 Å². The highest BCUT2D eigenvalue weighted by molar-refractivity contribution is 8.14. The molecule has 7 N–H and O–H groups in total. The zero-order valence-corrected chi connectivity index (χ0v) is 51.3. The zero-order valence-electron chi connectivity index (χ0n) is 48.8. The number of amidine groups is 3. The van der Waals surface area contributed by atoms with Crippen molar-refractivity contribution >= 4 is 86.1 Å². The molecule has 0 unspecified atom stereocenters. The Hall–Kier alpha value is -5.80. The van der Waals surface area contributed by atoms with E-state index >= 15 is 0 Å². The molecule has 6 aliphatic heterocycles. The Morgan fingerprint density at radius 2 is 0.843 bits per heavy atom. The number of rotatable bonds is 4. The maximum absolute atomic E-state index is 14.8. The molecule has 0 saturated carbocycles. The van der Waals surface area contributed by atoms with Crippen molar-refractivity contribution in [1.82, 2.24) is 16.0 Å². The van der Waals surface area contributed by atoms with E-state index in [1.807, 2.05) is 20.8 Å². The van der Waals surface area contributed by atoms with Gasteiger partial charge in [-0.25, -0.2) is 42.5 Å². The number of hydrogen-bond acceptors (Lipinski definition) is 19. The van der Waals surface area contributed by atoms with Crippen LogP contribution in [0.15, 0.2) is 69.6 Å². The molecule has 83 heavy (non-hydrogen) atoms. The minimum Gasteiger partial charge on any atom is -0.444 e. The van der Waals surface area contributed by atoms with Crippen LogP contribution in [0.2, 0.25) is 0 Å². The number of nitrogen functional groups attached to an aromatic ring is 2. The maximum atomic E-state index is 14.8. The molecule has 3 aromatic carbocycles. The number of amides is 3. The first-order chi connectivity index (χ1) is 38.7. The SMILES string of the molecule is C[C@H]1C[C@H]2CSC(NC(=O)OC(C)(C)C)=N[C@@]2(c2cc(N)ccc2F)CO1.C[C@H]1C[C@H]2CSC(NC(=O)OC(C)(C)C)=N[C@@]2(c2cc(N)ccc2F)CO1.C[C@H]1C[C@H]2CSC(NC(=O)OC(C)(C)C)=N[C@@]2(c2cc([N+](=O)[O-])ccc2F)CO1. The third kappa shape index (κ3) is 16.3. The Balaban J connectivity index is 0.000000179. The van der Waals surface area contributed by atoms with Crippen LogP contribution < -0.4 is 27.4 Å². The molecule has 3 saturated heterocycles. The van der Waals surface area contributed by atoms with Crippen LogP contribution in [0, 0.1) is 45.3 Å². The van der Waals surface area contributed by atoms with Crippen LogP contribution in [0.25, 0.3) is 0 Å². The lowest BCUT2D eigenvalue weighted by Gasteiger charge is -2.46. The fourth-order valence-corrected chi connectivity index (χ4v) is 13.9. The number of nitrogens with two attached hydrogens (primary N) is 2. The van der Waals surface area contributed by atoms with Gasteiger partial charge in [0, 0.05) is 75.2 Å². The number of carbonyl (C=O) groups excluding carboxylic acids is 3. The van der Waals surface area contributed by atoms with Gasteiger partial charge < -0.3 is 39.9 Å². The lowest BCUT2D eigenvalue weighted by molar-refractivity contribution is -0.385. The van der Waals surface area contributed by atoms with Crippen LogP contribution in [0.1, 0.15) is 119 Å². The number of carbonyl (C=O) groups is 3. The molecule has 0 spiro atoms. The Morgan fingerprint density at radius 1 is 0.554 bits per heavy atom. The Morgan fingerprint density at radius 3 is 1.13 bits per heavy atom. The highest BCUT2D eigenvalue weighted by Crippen LogP contribution is 2.50. The predicted molar refractivity (Wildman–Crippen MR) is 318 cm³/mol. The van der Waals surface area contributed by atoms with E-state index in [9.17, 15) is 37.7 Å². The van der Waals surface area contributed by atoms with Gasteiger partial charge in [-0.3, -0.25) is 26.1 Å². The molecule has 0 bridgehead atoms. The van der Waals surface area contributed by atoms with E-state index < -0.39 is 62.4 Å². The van der Waals surface area contributed by atoms with E-state index in [1.54, 1.807) is 74.4 Å². The van der Waals surface area contributed by atoms with E-state index in [-0.39, 0.29) is 83.9 Å². The van der Waals surface area contributed by atoms with Crippen molar-refractivity contribution in [2.45, 2.75) is 154 Å². The van der Waals surface area contributed by atoms with Crippen molar-refractivity contribution in [3.05, 3.63) is 98.9 Å². The van der Waals surface area contributed by atoms with Gasteiger partial charge in [-0.05, 0) is 145 Å². The largest absolute Gasteiger partial charge is 0.444 e. The molecular weight excluding hydrogens is 1140 g/mol. The molecule has 6 heterocycles. The molecule has 0 radical (unpaired) electrons. The topological polar surface area (TPSA) is 275 Å². The van der Waals surface area contributed by atoms with Crippen molar-refractivity contribution in [3.8, 4) is 0 Å². The fourth-order valence-electron chi connectivity index (χ4n) is 10.5. The van der Waals surface area contributed by atoms with E-state index in [2.05, 4.69) is 20.9 Å². The Kier molecular flexibility index (Phi) is 20.1. The van der Waals surface area contributed by atoms with E-state index in [4.69, 9.17) is 49.9 Å². The summed E-state index contributed by atoms with van der Waals surface area (Å²) in [4.78, 5) is 61.3. The number of hydrogen-bond donors (Lipinski definition) is 5. The second-order valence-electron chi connectivity index (χ2n) is 24.4. The number of nitrogens with one attached hydrogen (secondary N) is 3. The maximum Gasteiger partial charge on any atom is 0.413 e. The van der Waals surface area contributed by atoms with Crippen LogP contribution in [0.5, 0.6) is 0 Å². The third-order valence-corrected chi connectivity index (χ3v) is 17.3. The summed E-state index contributed by atoms with van der Waals surface area (Å²) in [6.07, 6.45) is 0.411. The average Bonchev–Trinajstić information content (AvgIpc) is 3.54. The van der Waals surface area contributed by atoms with Crippen LogP contribution >= 0.6 is 35.3 Å². The number of fused-ring (bicyclic) bond motifs is 3. The summed E-state index contributed by atoms with van der Waals surface area (Å²) in [5, 5.41) is 20.3. The highest BCUT2D eigenvalue weighted by atomic mass is 32.2. The molecule has 0 aliphatic carbocycles. The van der Waals surface area contributed by atoms with Crippen molar-refractivity contribution in [2.75, 3.05) is 48.5 Å². The number of thioether (sulfide) groups is 3. The first-order valence-corrected chi connectivity index (χ1v) is 30.2. The van der Waals surface area contributed by atoms with Gasteiger partial charge in [0.2, 0.25) is 0 Å². The summed E-state index contributed by atoms with van der Waals surface area (Å²) in [6, 6.07) is 12.4. The molecule has 3 amide bonds. The monoisotopic (exact) mass is 1220 g/mol. The van der Waals surface area contributed by atoms with Gasteiger partial charge >= 0.3 is 18.3 Å². The third-order valence-electron chi connectivity index (χ3n) is 14.2. The van der Waals surface area contributed by atoms with Gasteiger partial charge in [0.25, 0.3) is 5.69 Å². The average molecular weight is 1220 g/mol. The lowest BCUT2D eigenvalue weighted by atomic mass is 9.75. The Bertz CT molecular complexity index is 2880. The summed E-state index contributed by atoms with van der Waals surface area (Å²) < 4.78 is 77.7. The standard InChI is InChI=1S/C19H24FN3O5S.2C19H26FN3O3S/c1-11-7-12-9-29-16(21-17(24)28-18(2,3)4)22-19(12,10-27-11)14-8-13(23(25)26)5-6-15(14)20;2*1-11-7-12-9-27-16(22-17(24)26-18(2,3)4)23-19(12,10-25-11)14-8-13(21)5-6-15(14)20/h5-6,8,11-12H,7,9-10H2,1-4H3,(H,21,22,24);2*5-6,8,11-12H,7,9-10,21H2,1-4H3,(H,22,23,24)/t3*11-,12-,19-/m000/s1. The summed E-state index contributed by atoms with van der Waals surface area (Å²) in [6.45, 7) is 22.4. The molecule has 20 nitrogen and oxygen atoms in total. The number of anilines is 2. The van der Waals surface area contributed by atoms with Crippen LogP contribution in [-0.2, 0) is 45.0 Å². The molecule has 0 aromatic heterocycles. The minimum atomic E-state index is -1.15. The second-order valence-corrected chi connectivity index (χ2v) is 27.4. The van der Waals surface area contributed by atoms with E-state index in [1.165, 1.54) is 65.6 Å². The smallest absolute Gasteiger partial charge is 0.413 e. The first-order valence-electron chi connectivity index (χ1n) is 27.3. The second kappa shape index (κ2) is 25.8. The Labute approximate surface area is 494 Å². The minimum absolute atomic E-state index is 0.0361. The van der Waals surface area contributed by atoms with E-state index in [0.717, 1.165) is 25.0 Å². The van der Waals surface area contributed by atoms with Gasteiger partial charge in [-0.15, -0.1) is 0 Å². The van der Waals surface area contributed by atoms with Gasteiger partial charge in [-0.2, -0.15) is 0 Å². The number of nitrogens with zero attached hydrogens (tertiary/aromatic N) is 4. The van der Waals surface area contributed by atoms with Gasteiger partial charge in [0.05, 0.1) is 43.1 Å². The lowest BCUT2D eigenvalue weighted by Crippen LogP contribution is -2.51. The van der Waals surface area contributed by atoms with Crippen molar-refractivity contribution < 1.29 is 60.9 Å². The summed E-state index contributed by atoms with van der Waals surface area (Å²) >= 11 is 4.22. The fraction of sp³-hybridized carbons (Fsp3) is 0.579. The van der Waals surface area contributed by atoms with Crippen LogP contribution in [0.4, 0.5) is 44.6 Å². The first kappa shape index (κ1) is 64.8. The number of nitro benzene ring substituents is 1. The van der Waals surface area contributed by atoms with Gasteiger partial charge in [0.1, 0.15) is 50.9 Å². The molecule has 9 atom stereocenters.